The summed E-state index contributed by atoms with van der Waals surface area (Å²) < 4.78 is 11.5. The van der Waals surface area contributed by atoms with Crippen LogP contribution in [-0.4, -0.2) is 34.6 Å². The van der Waals surface area contributed by atoms with Crippen LogP contribution in [0.1, 0.15) is 36.6 Å². The third-order valence-electron chi connectivity index (χ3n) is 4.71. The molecule has 132 valence electrons. The van der Waals surface area contributed by atoms with Crippen LogP contribution in [0.15, 0.2) is 33.9 Å². The fourth-order valence-electron chi connectivity index (χ4n) is 3.60. The lowest BCUT2D eigenvalue weighted by Gasteiger charge is -2.25. The minimum atomic E-state index is -0.464. The Kier molecular flexibility index (Phi) is 4.31. The molecule has 4 rings (SSSR count). The summed E-state index contributed by atoms with van der Waals surface area (Å²) in [6.07, 6.45) is 3.00. The molecular weight excluding hydrogens is 322 g/mol. The van der Waals surface area contributed by atoms with Crippen molar-refractivity contribution < 1.29 is 9.47 Å². The maximum absolute atomic E-state index is 11.5. The van der Waals surface area contributed by atoms with Gasteiger partial charge < -0.3 is 14.5 Å². The third kappa shape index (κ3) is 3.46. The zero-order chi connectivity index (χ0) is 17.2. The predicted octanol–water partition coefficient (Wildman–Crippen LogP) is 1.56. The molecule has 7 nitrogen and oxygen atoms in total. The molecule has 3 heterocycles. The molecule has 0 aliphatic carbocycles. The van der Waals surface area contributed by atoms with Crippen LogP contribution in [0.25, 0.3) is 0 Å². The van der Waals surface area contributed by atoms with Crippen molar-refractivity contribution in [1.82, 2.24) is 14.9 Å². The van der Waals surface area contributed by atoms with Crippen LogP contribution in [0, 0.1) is 0 Å². The number of ether oxygens (including phenoxy) is 2. The van der Waals surface area contributed by atoms with Crippen LogP contribution in [-0.2, 0) is 6.54 Å². The number of hydrogen-bond donors (Lipinski definition) is 2. The Bertz CT molecular complexity index is 845. The number of fused-ring (bicyclic) bond motifs is 1. The summed E-state index contributed by atoms with van der Waals surface area (Å²) in [6, 6.07) is 7.80. The van der Waals surface area contributed by atoms with Crippen LogP contribution < -0.4 is 20.7 Å². The number of H-pyrrole nitrogens is 2. The Morgan fingerprint density at radius 1 is 1.04 bits per heavy atom. The Labute approximate surface area is 144 Å². The van der Waals surface area contributed by atoms with E-state index in [1.807, 2.05) is 6.07 Å². The van der Waals surface area contributed by atoms with Crippen LogP contribution >= 0.6 is 0 Å². The molecule has 2 N–H and O–H groups in total. The number of aromatic amines is 2. The van der Waals surface area contributed by atoms with Gasteiger partial charge in [-0.3, -0.25) is 14.7 Å². The highest BCUT2D eigenvalue weighted by Gasteiger charge is 2.27. The number of nitrogens with zero attached hydrogens (tertiary/aromatic N) is 1. The monoisotopic (exact) mass is 343 g/mol. The quantitative estimate of drug-likeness (QED) is 0.883. The Balaban J connectivity index is 1.58. The van der Waals surface area contributed by atoms with E-state index in [-0.39, 0.29) is 11.6 Å². The Hall–Kier alpha value is -2.54. The molecule has 2 aliphatic heterocycles. The largest absolute Gasteiger partial charge is 0.490 e. The second-order valence-electron chi connectivity index (χ2n) is 6.50. The minimum Gasteiger partial charge on any atom is -0.490 e. The summed E-state index contributed by atoms with van der Waals surface area (Å²) in [6.45, 7) is 2.81. The van der Waals surface area contributed by atoms with Gasteiger partial charge in [0.05, 0.1) is 13.2 Å². The number of benzene rings is 1. The summed E-state index contributed by atoms with van der Waals surface area (Å²) in [5, 5.41) is 0. The first-order chi connectivity index (χ1) is 12.2. The zero-order valence-electron chi connectivity index (χ0n) is 13.9. The van der Waals surface area contributed by atoms with Crippen LogP contribution in [0.5, 0.6) is 11.5 Å². The van der Waals surface area contributed by atoms with Crippen molar-refractivity contribution in [3.8, 4) is 11.5 Å². The lowest BCUT2D eigenvalue weighted by atomic mass is 10.0. The first kappa shape index (κ1) is 16.0. The van der Waals surface area contributed by atoms with Gasteiger partial charge in [-0.25, -0.2) is 4.79 Å². The normalized spacial score (nSPS) is 20.4. The maximum atomic E-state index is 11.5. The zero-order valence-corrected chi connectivity index (χ0v) is 13.9. The SMILES string of the molecule is O=c1cc(CN2CCCC2c2ccc3c(c2)OCCCO3)[nH]c(=O)[nH]1. The van der Waals surface area contributed by atoms with Crippen LogP contribution in [0.2, 0.25) is 0 Å². The topological polar surface area (TPSA) is 87.4 Å². The highest BCUT2D eigenvalue weighted by atomic mass is 16.5. The van der Waals surface area contributed by atoms with Gasteiger partial charge in [-0.05, 0) is 37.1 Å². The minimum absolute atomic E-state index is 0.236. The number of aromatic nitrogens is 2. The van der Waals surface area contributed by atoms with Gasteiger partial charge in [0.1, 0.15) is 0 Å². The summed E-state index contributed by atoms with van der Waals surface area (Å²) in [5.41, 5.74) is 0.975. The predicted molar refractivity (Wildman–Crippen MR) is 92.1 cm³/mol. The highest BCUT2D eigenvalue weighted by Crippen LogP contribution is 2.38. The highest BCUT2D eigenvalue weighted by molar-refractivity contribution is 5.44. The average molecular weight is 343 g/mol. The van der Waals surface area contributed by atoms with E-state index in [0.29, 0.717) is 25.5 Å². The molecule has 2 aliphatic rings. The van der Waals surface area contributed by atoms with E-state index in [0.717, 1.165) is 37.3 Å². The van der Waals surface area contributed by atoms with Crippen molar-refractivity contribution in [2.75, 3.05) is 19.8 Å². The molecule has 1 atom stereocenters. The molecule has 0 radical (unpaired) electrons. The molecule has 1 saturated heterocycles. The van der Waals surface area contributed by atoms with Crippen molar-refractivity contribution in [3.05, 3.63) is 56.4 Å². The molecule has 0 spiro atoms. The summed E-state index contributed by atoms with van der Waals surface area (Å²) in [5.74, 6) is 1.59. The summed E-state index contributed by atoms with van der Waals surface area (Å²) in [7, 11) is 0. The van der Waals surface area contributed by atoms with E-state index in [1.165, 1.54) is 11.6 Å². The van der Waals surface area contributed by atoms with Crippen LogP contribution in [0.3, 0.4) is 0 Å². The van der Waals surface area contributed by atoms with Crippen LogP contribution in [0.4, 0.5) is 0 Å². The average Bonchev–Trinajstić information content (AvgIpc) is 2.89. The molecule has 1 aromatic carbocycles. The molecule has 0 amide bonds. The van der Waals surface area contributed by atoms with Crippen molar-refractivity contribution >= 4 is 0 Å². The van der Waals surface area contributed by atoms with E-state index in [1.54, 1.807) is 0 Å². The molecular formula is C18H21N3O4. The first-order valence-electron chi connectivity index (χ1n) is 8.65. The molecule has 7 heteroatoms. The fourth-order valence-corrected chi connectivity index (χ4v) is 3.60. The standard InChI is InChI=1S/C18H21N3O4/c22-17-10-13(19-18(23)20-17)11-21-6-1-3-14(21)12-4-5-15-16(9-12)25-8-2-7-24-15/h4-5,9-10,14H,1-3,6-8,11H2,(H2,19,20,22,23). The van der Waals surface area contributed by atoms with Crippen molar-refractivity contribution in [1.29, 1.82) is 0 Å². The molecule has 1 unspecified atom stereocenters. The fraction of sp³-hybridized carbons (Fsp3) is 0.444. The maximum Gasteiger partial charge on any atom is 0.325 e. The van der Waals surface area contributed by atoms with E-state index >= 15 is 0 Å². The van der Waals surface area contributed by atoms with E-state index in [2.05, 4.69) is 27.0 Å². The molecule has 0 saturated carbocycles. The molecule has 25 heavy (non-hydrogen) atoms. The van der Waals surface area contributed by atoms with Gasteiger partial charge in [0.15, 0.2) is 11.5 Å². The first-order valence-corrected chi connectivity index (χ1v) is 8.65. The Morgan fingerprint density at radius 3 is 2.72 bits per heavy atom. The number of likely N-dealkylation sites (tertiary alicyclic amines) is 1. The third-order valence-corrected chi connectivity index (χ3v) is 4.71. The smallest absolute Gasteiger partial charge is 0.325 e. The lowest BCUT2D eigenvalue weighted by molar-refractivity contribution is 0.244. The number of nitrogens with one attached hydrogen (secondary N) is 2. The van der Waals surface area contributed by atoms with Crippen molar-refractivity contribution in [3.63, 3.8) is 0 Å². The van der Waals surface area contributed by atoms with Gasteiger partial charge in [-0.2, -0.15) is 0 Å². The van der Waals surface area contributed by atoms with Gasteiger partial charge in [-0.15, -0.1) is 0 Å². The Morgan fingerprint density at radius 2 is 1.88 bits per heavy atom. The van der Waals surface area contributed by atoms with Gasteiger partial charge >= 0.3 is 5.69 Å². The second kappa shape index (κ2) is 6.76. The summed E-state index contributed by atoms with van der Waals surface area (Å²) in [4.78, 5) is 30.2. The van der Waals surface area contributed by atoms with Gasteiger partial charge in [-0.1, -0.05) is 6.07 Å². The number of rotatable bonds is 3. The molecule has 1 fully saturated rings. The molecule has 1 aromatic heterocycles. The second-order valence-corrected chi connectivity index (χ2v) is 6.50. The number of hydrogen-bond acceptors (Lipinski definition) is 5. The van der Waals surface area contributed by atoms with Crippen molar-refractivity contribution in [2.24, 2.45) is 0 Å². The lowest BCUT2D eigenvalue weighted by Crippen LogP contribution is -2.28. The molecule has 2 aromatic rings. The van der Waals surface area contributed by atoms with E-state index < -0.39 is 5.69 Å². The van der Waals surface area contributed by atoms with Gasteiger partial charge in [0.25, 0.3) is 5.56 Å². The van der Waals surface area contributed by atoms with Gasteiger partial charge in [0.2, 0.25) is 0 Å². The summed E-state index contributed by atoms with van der Waals surface area (Å²) >= 11 is 0. The van der Waals surface area contributed by atoms with Gasteiger partial charge in [0, 0.05) is 30.8 Å². The van der Waals surface area contributed by atoms with E-state index in [9.17, 15) is 9.59 Å². The van der Waals surface area contributed by atoms with E-state index in [4.69, 9.17) is 9.47 Å². The van der Waals surface area contributed by atoms with Crippen molar-refractivity contribution in [2.45, 2.75) is 31.8 Å². The molecule has 0 bridgehead atoms.